The molecule has 1 aliphatic heterocycles. The van der Waals surface area contributed by atoms with Crippen LogP contribution in [-0.2, 0) is 0 Å². The van der Waals surface area contributed by atoms with Gasteiger partial charge in [-0.2, -0.15) is 0 Å². The van der Waals surface area contributed by atoms with E-state index in [4.69, 9.17) is 5.84 Å². The highest BCUT2D eigenvalue weighted by Gasteiger charge is 2.38. The first-order valence-corrected chi connectivity index (χ1v) is 7.85. The summed E-state index contributed by atoms with van der Waals surface area (Å²) in [5.41, 5.74) is 5.25. The van der Waals surface area contributed by atoms with Crippen LogP contribution in [-0.4, -0.2) is 23.5 Å². The summed E-state index contributed by atoms with van der Waals surface area (Å²) in [6, 6.07) is 3.39. The van der Waals surface area contributed by atoms with E-state index in [1.807, 2.05) is 19.9 Å². The van der Waals surface area contributed by atoms with Crippen LogP contribution in [0.3, 0.4) is 0 Å². The minimum atomic E-state index is -0.226. The lowest BCUT2D eigenvalue weighted by atomic mass is 9.83. The van der Waals surface area contributed by atoms with Crippen molar-refractivity contribution in [3.63, 3.8) is 0 Å². The Morgan fingerprint density at radius 2 is 1.81 bits per heavy atom. The van der Waals surface area contributed by atoms with Gasteiger partial charge in [0.25, 0.3) is 0 Å². The van der Waals surface area contributed by atoms with E-state index < -0.39 is 0 Å². The van der Waals surface area contributed by atoms with Crippen LogP contribution >= 0.6 is 0 Å². The molecule has 1 aromatic carbocycles. The van der Waals surface area contributed by atoms with E-state index >= 15 is 0 Å². The highest BCUT2D eigenvalue weighted by molar-refractivity contribution is 5.36. The summed E-state index contributed by atoms with van der Waals surface area (Å²) in [5, 5.41) is 0. The Morgan fingerprint density at radius 3 is 2.33 bits per heavy atom. The van der Waals surface area contributed by atoms with Crippen molar-refractivity contribution in [2.75, 3.05) is 13.1 Å². The van der Waals surface area contributed by atoms with E-state index in [0.29, 0.717) is 5.56 Å². The molecule has 0 spiro atoms. The molecule has 1 saturated heterocycles. The van der Waals surface area contributed by atoms with Crippen LogP contribution in [0, 0.1) is 19.7 Å². The molecule has 0 saturated carbocycles. The predicted molar refractivity (Wildman–Crippen MR) is 85.4 cm³/mol. The summed E-state index contributed by atoms with van der Waals surface area (Å²) in [5.74, 6) is 5.66. The summed E-state index contributed by atoms with van der Waals surface area (Å²) in [7, 11) is 0. The Bertz CT molecular complexity index is 470. The Morgan fingerprint density at radius 1 is 1.19 bits per heavy atom. The topological polar surface area (TPSA) is 41.3 Å². The number of halogens is 1. The third-order valence-corrected chi connectivity index (χ3v) is 4.81. The minimum absolute atomic E-state index is 0.166. The van der Waals surface area contributed by atoms with Crippen LogP contribution in [0.1, 0.15) is 55.8 Å². The fourth-order valence-electron chi connectivity index (χ4n) is 3.59. The van der Waals surface area contributed by atoms with E-state index in [1.165, 1.54) is 19.3 Å². The van der Waals surface area contributed by atoms with Crippen LogP contribution in [0.25, 0.3) is 0 Å². The standard InChI is InChI=1S/C17H28FN3/c1-12-10-13(2)15(14(18)11-12)16(20-19)17(3,4)21-8-6-5-7-9-21/h10-11,16,20H,5-9,19H2,1-4H3. The average Bonchev–Trinajstić information content (AvgIpc) is 2.43. The Hall–Kier alpha value is -0.970. The number of hydrogen-bond donors (Lipinski definition) is 2. The van der Waals surface area contributed by atoms with Gasteiger partial charge >= 0.3 is 0 Å². The number of benzene rings is 1. The van der Waals surface area contributed by atoms with Crippen molar-refractivity contribution in [3.8, 4) is 0 Å². The summed E-state index contributed by atoms with van der Waals surface area (Å²) in [6.45, 7) is 10.3. The van der Waals surface area contributed by atoms with Crippen molar-refractivity contribution in [1.29, 1.82) is 0 Å². The first-order chi connectivity index (χ1) is 9.87. The Labute approximate surface area is 127 Å². The number of aryl methyl sites for hydroxylation is 2. The van der Waals surface area contributed by atoms with Gasteiger partial charge in [0.1, 0.15) is 5.82 Å². The van der Waals surface area contributed by atoms with E-state index in [0.717, 1.165) is 24.2 Å². The number of hydrogen-bond acceptors (Lipinski definition) is 3. The number of nitrogens with one attached hydrogen (secondary N) is 1. The van der Waals surface area contributed by atoms with Gasteiger partial charge in [-0.15, -0.1) is 0 Å². The summed E-state index contributed by atoms with van der Waals surface area (Å²) in [4.78, 5) is 2.43. The van der Waals surface area contributed by atoms with Gasteiger partial charge in [-0.05, 0) is 70.8 Å². The highest BCUT2D eigenvalue weighted by Crippen LogP contribution is 2.35. The Balaban J connectivity index is 2.38. The number of nitrogens with zero attached hydrogens (tertiary/aromatic N) is 1. The maximum atomic E-state index is 14.5. The number of nitrogens with two attached hydrogens (primary N) is 1. The van der Waals surface area contributed by atoms with Gasteiger partial charge in [0, 0.05) is 11.1 Å². The van der Waals surface area contributed by atoms with Crippen molar-refractivity contribution >= 4 is 0 Å². The fraction of sp³-hybridized carbons (Fsp3) is 0.647. The quantitative estimate of drug-likeness (QED) is 0.661. The molecule has 2 rings (SSSR count). The van der Waals surface area contributed by atoms with Crippen molar-refractivity contribution in [3.05, 3.63) is 34.6 Å². The van der Waals surface area contributed by atoms with Gasteiger partial charge < -0.3 is 0 Å². The fourth-order valence-corrected chi connectivity index (χ4v) is 3.59. The maximum Gasteiger partial charge on any atom is 0.128 e. The second kappa shape index (κ2) is 6.42. The molecule has 1 fully saturated rings. The molecule has 1 aliphatic rings. The van der Waals surface area contributed by atoms with Crippen molar-refractivity contribution in [2.24, 2.45) is 5.84 Å². The van der Waals surface area contributed by atoms with E-state index in [9.17, 15) is 4.39 Å². The SMILES string of the molecule is Cc1cc(C)c(C(NN)C(C)(C)N2CCCCC2)c(F)c1. The predicted octanol–water partition coefficient (Wildman–Crippen LogP) is 3.21. The second-order valence-electron chi connectivity index (χ2n) is 6.78. The maximum absolute atomic E-state index is 14.5. The van der Waals surface area contributed by atoms with Gasteiger partial charge in [-0.25, -0.2) is 4.39 Å². The first-order valence-electron chi connectivity index (χ1n) is 7.85. The summed E-state index contributed by atoms with van der Waals surface area (Å²) < 4.78 is 14.5. The van der Waals surface area contributed by atoms with Crippen LogP contribution in [0.15, 0.2) is 12.1 Å². The lowest BCUT2D eigenvalue weighted by molar-refractivity contribution is 0.0594. The van der Waals surface area contributed by atoms with E-state index in [1.54, 1.807) is 6.07 Å². The van der Waals surface area contributed by atoms with Gasteiger partial charge in [-0.3, -0.25) is 16.2 Å². The largest absolute Gasteiger partial charge is 0.296 e. The average molecular weight is 293 g/mol. The number of rotatable bonds is 4. The summed E-state index contributed by atoms with van der Waals surface area (Å²) >= 11 is 0. The zero-order valence-electron chi connectivity index (χ0n) is 13.7. The second-order valence-corrected chi connectivity index (χ2v) is 6.78. The molecular weight excluding hydrogens is 265 g/mol. The monoisotopic (exact) mass is 293 g/mol. The van der Waals surface area contributed by atoms with Gasteiger partial charge in [0.05, 0.1) is 6.04 Å². The smallest absolute Gasteiger partial charge is 0.128 e. The molecule has 3 nitrogen and oxygen atoms in total. The molecule has 0 amide bonds. The molecule has 0 aliphatic carbocycles. The van der Waals surface area contributed by atoms with Crippen molar-refractivity contribution in [1.82, 2.24) is 10.3 Å². The molecule has 1 heterocycles. The first kappa shape index (κ1) is 16.4. The molecule has 0 radical (unpaired) electrons. The molecule has 4 heteroatoms. The molecule has 1 aromatic rings. The van der Waals surface area contributed by atoms with Crippen LogP contribution in [0.2, 0.25) is 0 Å². The van der Waals surface area contributed by atoms with Crippen LogP contribution in [0.5, 0.6) is 0 Å². The zero-order valence-corrected chi connectivity index (χ0v) is 13.7. The zero-order chi connectivity index (χ0) is 15.6. The third kappa shape index (κ3) is 3.28. The van der Waals surface area contributed by atoms with Crippen LogP contribution in [0.4, 0.5) is 4.39 Å². The molecular formula is C17H28FN3. The normalized spacial score (nSPS) is 18.8. The lowest BCUT2D eigenvalue weighted by Gasteiger charge is -2.46. The minimum Gasteiger partial charge on any atom is -0.296 e. The lowest BCUT2D eigenvalue weighted by Crippen LogP contribution is -2.56. The molecule has 118 valence electrons. The molecule has 21 heavy (non-hydrogen) atoms. The molecule has 3 N–H and O–H groups in total. The van der Waals surface area contributed by atoms with Crippen LogP contribution < -0.4 is 11.3 Å². The summed E-state index contributed by atoms with van der Waals surface area (Å²) in [6.07, 6.45) is 3.69. The van der Waals surface area contributed by atoms with Crippen molar-refractivity contribution in [2.45, 2.75) is 58.5 Å². The molecule has 0 bridgehead atoms. The number of hydrazine groups is 1. The van der Waals surface area contributed by atoms with E-state index in [2.05, 4.69) is 24.2 Å². The Kier molecular flexibility index (Phi) is 5.02. The van der Waals surface area contributed by atoms with E-state index in [-0.39, 0.29) is 17.4 Å². The molecule has 1 atom stereocenters. The van der Waals surface area contributed by atoms with Gasteiger partial charge in [-0.1, -0.05) is 12.5 Å². The number of piperidine rings is 1. The van der Waals surface area contributed by atoms with Crippen molar-refractivity contribution < 1.29 is 4.39 Å². The van der Waals surface area contributed by atoms with Gasteiger partial charge in [0.15, 0.2) is 0 Å². The van der Waals surface area contributed by atoms with Gasteiger partial charge in [0.2, 0.25) is 0 Å². The third-order valence-electron chi connectivity index (χ3n) is 4.81. The molecule has 0 aromatic heterocycles. The molecule has 1 unspecified atom stereocenters. The number of likely N-dealkylation sites (tertiary alicyclic amines) is 1. The highest BCUT2D eigenvalue weighted by atomic mass is 19.1.